The number of nitrogens with two attached hydrogens (primary N) is 1. The van der Waals surface area contributed by atoms with Crippen LogP contribution in [0, 0.1) is 5.92 Å². The van der Waals surface area contributed by atoms with Gasteiger partial charge in [-0.05, 0) is 43.5 Å². The molecule has 0 radical (unpaired) electrons. The average Bonchev–Trinajstić information content (AvgIpc) is 2.38. The lowest BCUT2D eigenvalue weighted by Gasteiger charge is -2.30. The summed E-state index contributed by atoms with van der Waals surface area (Å²) in [5.41, 5.74) is 5.47. The van der Waals surface area contributed by atoms with Crippen LogP contribution in [0.2, 0.25) is 0 Å². The third-order valence-electron chi connectivity index (χ3n) is 3.69. The van der Waals surface area contributed by atoms with Gasteiger partial charge >= 0.3 is 6.18 Å². The Morgan fingerprint density at radius 1 is 1.30 bits per heavy atom. The maximum absolute atomic E-state index is 12.5. The lowest BCUT2D eigenvalue weighted by atomic mass is 9.86. The third kappa shape index (κ3) is 3.50. The molecule has 0 bridgehead atoms. The summed E-state index contributed by atoms with van der Waals surface area (Å²) in [4.78, 5) is 11.4. The summed E-state index contributed by atoms with van der Waals surface area (Å²) in [6.45, 7) is 0.801. The zero-order chi connectivity index (χ0) is 14.8. The van der Waals surface area contributed by atoms with Crippen LogP contribution in [0.15, 0.2) is 24.3 Å². The Labute approximate surface area is 115 Å². The predicted molar refractivity (Wildman–Crippen MR) is 68.9 cm³/mol. The van der Waals surface area contributed by atoms with Gasteiger partial charge in [0.2, 0.25) is 5.91 Å². The molecule has 1 heterocycles. The summed E-state index contributed by atoms with van der Waals surface area (Å²) in [6, 6.07) is 4.95. The molecule has 0 saturated carbocycles. The van der Waals surface area contributed by atoms with Crippen LogP contribution < -0.4 is 11.1 Å². The minimum Gasteiger partial charge on any atom is -0.369 e. The molecule has 0 spiro atoms. The van der Waals surface area contributed by atoms with Gasteiger partial charge in [-0.2, -0.15) is 13.2 Å². The van der Waals surface area contributed by atoms with Gasteiger partial charge in [0.05, 0.1) is 11.5 Å². The van der Waals surface area contributed by atoms with Crippen molar-refractivity contribution < 1.29 is 18.0 Å². The molecule has 1 saturated heterocycles. The van der Waals surface area contributed by atoms with Crippen LogP contribution in [0.5, 0.6) is 0 Å². The highest BCUT2D eigenvalue weighted by Gasteiger charge is 2.31. The number of carbonyl (C=O) groups is 1. The van der Waals surface area contributed by atoms with Gasteiger partial charge in [0.15, 0.2) is 0 Å². The van der Waals surface area contributed by atoms with E-state index in [2.05, 4.69) is 5.32 Å². The lowest BCUT2D eigenvalue weighted by molar-refractivity contribution is -0.137. The number of rotatable bonds is 3. The number of amides is 1. The van der Waals surface area contributed by atoms with Gasteiger partial charge in [-0.25, -0.2) is 0 Å². The molecule has 20 heavy (non-hydrogen) atoms. The van der Waals surface area contributed by atoms with E-state index in [1.54, 1.807) is 0 Å². The summed E-state index contributed by atoms with van der Waals surface area (Å²) in [7, 11) is 0. The summed E-state index contributed by atoms with van der Waals surface area (Å²) >= 11 is 0. The molecule has 110 valence electrons. The van der Waals surface area contributed by atoms with Crippen molar-refractivity contribution in [3.63, 3.8) is 0 Å². The number of hydrogen-bond acceptors (Lipinski definition) is 2. The van der Waals surface area contributed by atoms with Crippen LogP contribution in [0.3, 0.4) is 0 Å². The molecule has 3 nitrogen and oxygen atoms in total. The van der Waals surface area contributed by atoms with Crippen molar-refractivity contribution in [3.8, 4) is 0 Å². The van der Waals surface area contributed by atoms with Gasteiger partial charge in [-0.15, -0.1) is 0 Å². The molecule has 1 aromatic rings. The summed E-state index contributed by atoms with van der Waals surface area (Å²) in [6.07, 6.45) is -2.20. The Morgan fingerprint density at radius 3 is 2.50 bits per heavy atom. The van der Waals surface area contributed by atoms with Gasteiger partial charge in [0.1, 0.15) is 0 Å². The zero-order valence-corrected chi connectivity index (χ0v) is 10.9. The second kappa shape index (κ2) is 5.83. The Bertz CT molecular complexity index is 470. The number of carbonyl (C=O) groups excluding carboxylic acids is 1. The Hall–Kier alpha value is -1.56. The minimum atomic E-state index is -4.32. The predicted octanol–water partition coefficient (Wildman–Crippen LogP) is 2.10. The molecule has 1 aliphatic heterocycles. The molecule has 2 rings (SSSR count). The van der Waals surface area contributed by atoms with E-state index < -0.39 is 11.7 Å². The molecule has 0 aromatic heterocycles. The first kappa shape index (κ1) is 14.8. The summed E-state index contributed by atoms with van der Waals surface area (Å²) < 4.78 is 37.4. The topological polar surface area (TPSA) is 55.1 Å². The van der Waals surface area contributed by atoms with Gasteiger partial charge in [-0.1, -0.05) is 12.1 Å². The number of nitrogens with one attached hydrogen (secondary N) is 1. The van der Waals surface area contributed by atoms with Crippen molar-refractivity contribution in [2.24, 2.45) is 11.7 Å². The van der Waals surface area contributed by atoms with Crippen molar-refractivity contribution in [3.05, 3.63) is 35.4 Å². The van der Waals surface area contributed by atoms with E-state index in [0.717, 1.165) is 37.1 Å². The van der Waals surface area contributed by atoms with E-state index in [-0.39, 0.29) is 17.9 Å². The largest absolute Gasteiger partial charge is 0.416 e. The second-order valence-corrected chi connectivity index (χ2v) is 5.11. The number of benzene rings is 1. The zero-order valence-electron chi connectivity index (χ0n) is 10.9. The number of primary amides is 1. The maximum Gasteiger partial charge on any atom is 0.416 e. The summed E-state index contributed by atoms with van der Waals surface area (Å²) in [5.74, 6) is -0.611. The van der Waals surface area contributed by atoms with E-state index in [9.17, 15) is 18.0 Å². The van der Waals surface area contributed by atoms with Crippen molar-refractivity contribution >= 4 is 5.91 Å². The number of halogens is 3. The molecule has 6 heteroatoms. The molecule has 1 fully saturated rings. The normalized spacial score (nSPS) is 23.6. The highest BCUT2D eigenvalue weighted by Crippen LogP contribution is 2.29. The molecular weight excluding hydrogens is 269 g/mol. The van der Waals surface area contributed by atoms with Crippen molar-refractivity contribution in [2.45, 2.75) is 31.5 Å². The van der Waals surface area contributed by atoms with Crippen LogP contribution >= 0.6 is 0 Å². The van der Waals surface area contributed by atoms with E-state index in [0.29, 0.717) is 6.42 Å². The molecule has 1 amide bonds. The fourth-order valence-electron chi connectivity index (χ4n) is 2.59. The molecule has 1 aliphatic rings. The molecular formula is C14H17F3N2O. The molecule has 0 aliphatic carbocycles. The first-order valence-corrected chi connectivity index (χ1v) is 6.57. The highest BCUT2D eigenvalue weighted by atomic mass is 19.4. The third-order valence-corrected chi connectivity index (χ3v) is 3.69. The quantitative estimate of drug-likeness (QED) is 0.894. The number of piperidine rings is 1. The van der Waals surface area contributed by atoms with E-state index in [1.165, 1.54) is 12.1 Å². The smallest absolute Gasteiger partial charge is 0.369 e. The van der Waals surface area contributed by atoms with Crippen LogP contribution in [-0.2, 0) is 17.4 Å². The molecule has 1 aromatic carbocycles. The Morgan fingerprint density at radius 2 is 1.95 bits per heavy atom. The molecule has 3 N–H and O–H groups in total. The van der Waals surface area contributed by atoms with Crippen LogP contribution in [0.25, 0.3) is 0 Å². The first-order valence-electron chi connectivity index (χ1n) is 6.57. The highest BCUT2D eigenvalue weighted by molar-refractivity contribution is 5.77. The van der Waals surface area contributed by atoms with Crippen molar-refractivity contribution in [1.82, 2.24) is 5.32 Å². The maximum atomic E-state index is 12.5. The van der Waals surface area contributed by atoms with Crippen molar-refractivity contribution in [2.75, 3.05) is 6.54 Å². The lowest BCUT2D eigenvalue weighted by Crippen LogP contribution is -2.48. The second-order valence-electron chi connectivity index (χ2n) is 5.11. The average molecular weight is 286 g/mol. The minimum absolute atomic E-state index is 0.0991. The first-order chi connectivity index (χ1) is 9.38. The van der Waals surface area contributed by atoms with Gasteiger partial charge < -0.3 is 11.1 Å². The van der Waals surface area contributed by atoms with E-state index in [4.69, 9.17) is 5.73 Å². The number of alkyl halides is 3. The van der Waals surface area contributed by atoms with Gasteiger partial charge in [0.25, 0.3) is 0 Å². The van der Waals surface area contributed by atoms with Crippen LogP contribution in [0.4, 0.5) is 13.2 Å². The molecule has 2 atom stereocenters. The Kier molecular flexibility index (Phi) is 4.32. The summed E-state index contributed by atoms with van der Waals surface area (Å²) in [5, 5.41) is 3.22. The Balaban J connectivity index is 2.07. The fraction of sp³-hybridized carbons (Fsp3) is 0.500. The van der Waals surface area contributed by atoms with Crippen molar-refractivity contribution in [1.29, 1.82) is 0 Å². The monoisotopic (exact) mass is 286 g/mol. The standard InChI is InChI=1S/C14H17F3N2O/c15-14(16,17)10-5-3-9(4-6-10)8-12-11(13(18)20)2-1-7-19-12/h3-6,11-12,19H,1-2,7-8H2,(H2,18,20). The fourth-order valence-corrected chi connectivity index (χ4v) is 2.59. The van der Waals surface area contributed by atoms with Gasteiger partial charge in [-0.3, -0.25) is 4.79 Å². The number of hydrogen-bond donors (Lipinski definition) is 2. The van der Waals surface area contributed by atoms with Gasteiger partial charge in [0, 0.05) is 6.04 Å². The SMILES string of the molecule is NC(=O)C1CCCNC1Cc1ccc(C(F)(F)F)cc1. The molecule has 2 unspecified atom stereocenters. The van der Waals surface area contributed by atoms with E-state index in [1.807, 2.05) is 0 Å². The van der Waals surface area contributed by atoms with E-state index >= 15 is 0 Å². The van der Waals surface area contributed by atoms with Crippen LogP contribution in [0.1, 0.15) is 24.0 Å². The van der Waals surface area contributed by atoms with Crippen LogP contribution in [-0.4, -0.2) is 18.5 Å².